The van der Waals surface area contributed by atoms with Gasteiger partial charge in [0.15, 0.2) is 0 Å². The Morgan fingerprint density at radius 2 is 1.76 bits per heavy atom. The van der Waals surface area contributed by atoms with E-state index in [1.165, 1.54) is 0 Å². The molecule has 5 heteroatoms. The predicted octanol–water partition coefficient (Wildman–Crippen LogP) is 2.73. The molecule has 120 valence electrons. The maximum Gasteiger partial charge on any atom is 0.137 e. The normalized spacial score (nSPS) is 12.9. The highest BCUT2D eigenvalue weighted by Crippen LogP contribution is 2.27. The summed E-state index contributed by atoms with van der Waals surface area (Å²) in [6, 6.07) is 0.406. The van der Waals surface area contributed by atoms with Crippen LogP contribution in [0.2, 0.25) is 0 Å². The Hall–Kier alpha value is -1.36. The lowest BCUT2D eigenvalue weighted by Gasteiger charge is -2.33. The van der Waals surface area contributed by atoms with Gasteiger partial charge in [-0.15, -0.1) is 0 Å². The van der Waals surface area contributed by atoms with Crippen molar-refractivity contribution < 1.29 is 0 Å². The highest BCUT2D eigenvalue weighted by molar-refractivity contribution is 5.59. The molecule has 0 saturated carbocycles. The summed E-state index contributed by atoms with van der Waals surface area (Å²) in [6.45, 7) is 12.7. The van der Waals surface area contributed by atoms with Gasteiger partial charge in [-0.2, -0.15) is 0 Å². The minimum Gasteiger partial charge on any atom is -0.373 e. The summed E-state index contributed by atoms with van der Waals surface area (Å²) in [7, 11) is 6.13. The summed E-state index contributed by atoms with van der Waals surface area (Å²) < 4.78 is 0. The van der Waals surface area contributed by atoms with Crippen LogP contribution >= 0.6 is 0 Å². The van der Waals surface area contributed by atoms with Crippen LogP contribution in [-0.4, -0.2) is 55.1 Å². The molecule has 0 radical (unpaired) electrons. The molecule has 1 rings (SSSR count). The molecule has 0 fully saturated rings. The van der Waals surface area contributed by atoms with Crippen molar-refractivity contribution >= 4 is 11.6 Å². The van der Waals surface area contributed by atoms with Gasteiger partial charge in [0, 0.05) is 37.7 Å². The third-order valence-electron chi connectivity index (χ3n) is 3.66. The molecule has 0 aliphatic heterocycles. The molecule has 0 aliphatic carbocycles. The largest absolute Gasteiger partial charge is 0.373 e. The smallest absolute Gasteiger partial charge is 0.137 e. The van der Waals surface area contributed by atoms with E-state index in [0.717, 1.165) is 36.1 Å². The fourth-order valence-electron chi connectivity index (χ4n) is 2.60. The van der Waals surface area contributed by atoms with Gasteiger partial charge in [-0.25, -0.2) is 9.97 Å². The van der Waals surface area contributed by atoms with E-state index >= 15 is 0 Å². The molecule has 0 bridgehead atoms. The Balaban J connectivity index is 3.27. The summed E-state index contributed by atoms with van der Waals surface area (Å²) in [5, 5.41) is 3.20. The van der Waals surface area contributed by atoms with E-state index in [0.29, 0.717) is 12.0 Å². The molecule has 1 heterocycles. The number of aromatic nitrogens is 2. The van der Waals surface area contributed by atoms with Crippen LogP contribution in [0.15, 0.2) is 0 Å². The van der Waals surface area contributed by atoms with Crippen LogP contribution in [0, 0.1) is 6.92 Å². The van der Waals surface area contributed by atoms with Crippen LogP contribution in [0.5, 0.6) is 0 Å². The zero-order valence-electron chi connectivity index (χ0n) is 14.9. The molecule has 5 nitrogen and oxygen atoms in total. The van der Waals surface area contributed by atoms with E-state index < -0.39 is 0 Å². The van der Waals surface area contributed by atoms with E-state index in [2.05, 4.69) is 68.8 Å². The van der Waals surface area contributed by atoms with E-state index in [1.807, 2.05) is 7.05 Å². The summed E-state index contributed by atoms with van der Waals surface area (Å²) in [5.41, 5.74) is 1.12. The highest BCUT2D eigenvalue weighted by atomic mass is 15.3. The second kappa shape index (κ2) is 7.59. The summed E-state index contributed by atoms with van der Waals surface area (Å²) in [5.74, 6) is 3.20. The maximum absolute atomic E-state index is 4.84. The van der Waals surface area contributed by atoms with Gasteiger partial charge in [0.25, 0.3) is 0 Å². The van der Waals surface area contributed by atoms with Crippen LogP contribution in [-0.2, 0) is 0 Å². The molecule has 0 saturated heterocycles. The molecule has 1 aromatic heterocycles. The summed E-state index contributed by atoms with van der Waals surface area (Å²) >= 11 is 0. The first-order chi connectivity index (χ1) is 9.81. The third-order valence-corrected chi connectivity index (χ3v) is 3.66. The second-order valence-corrected chi connectivity index (χ2v) is 6.18. The zero-order chi connectivity index (χ0) is 16.2. The topological polar surface area (TPSA) is 44.3 Å². The van der Waals surface area contributed by atoms with Crippen LogP contribution in [0.25, 0.3) is 0 Å². The number of nitrogens with one attached hydrogen (secondary N) is 1. The molecule has 0 spiro atoms. The van der Waals surface area contributed by atoms with Crippen molar-refractivity contribution in [2.24, 2.45) is 0 Å². The standard InChI is InChI=1S/C16H31N5/c1-9-21(12(4)10-20(7)8)16-13(5)15(17-6)18-14(19-16)11(2)3/h11-12H,9-10H2,1-8H3,(H,17,18,19). The average molecular weight is 293 g/mol. The SMILES string of the molecule is CCN(c1nc(C(C)C)nc(NC)c1C)C(C)CN(C)C. The van der Waals surface area contributed by atoms with Gasteiger partial charge < -0.3 is 15.1 Å². The Labute approximate surface area is 129 Å². The summed E-state index contributed by atoms with van der Waals surface area (Å²) in [6.07, 6.45) is 0. The zero-order valence-corrected chi connectivity index (χ0v) is 14.9. The monoisotopic (exact) mass is 293 g/mol. The second-order valence-electron chi connectivity index (χ2n) is 6.18. The average Bonchev–Trinajstić information content (AvgIpc) is 2.40. The molecule has 1 aromatic rings. The molecule has 21 heavy (non-hydrogen) atoms. The number of likely N-dealkylation sites (N-methyl/N-ethyl adjacent to an activating group) is 2. The van der Waals surface area contributed by atoms with Gasteiger partial charge >= 0.3 is 0 Å². The van der Waals surface area contributed by atoms with E-state index in [1.54, 1.807) is 0 Å². The van der Waals surface area contributed by atoms with Crippen molar-refractivity contribution in [1.82, 2.24) is 14.9 Å². The number of rotatable bonds is 7. The first kappa shape index (κ1) is 17.7. The molecule has 0 amide bonds. The van der Waals surface area contributed by atoms with Crippen molar-refractivity contribution in [1.29, 1.82) is 0 Å². The molecule has 0 aliphatic rings. The fraction of sp³-hybridized carbons (Fsp3) is 0.750. The van der Waals surface area contributed by atoms with Crippen molar-refractivity contribution in [3.05, 3.63) is 11.4 Å². The van der Waals surface area contributed by atoms with Crippen molar-refractivity contribution in [2.45, 2.75) is 46.6 Å². The van der Waals surface area contributed by atoms with Gasteiger partial charge in [0.2, 0.25) is 0 Å². The van der Waals surface area contributed by atoms with Gasteiger partial charge in [0.05, 0.1) is 0 Å². The molecular formula is C16H31N5. The first-order valence-corrected chi connectivity index (χ1v) is 7.79. The first-order valence-electron chi connectivity index (χ1n) is 7.79. The lowest BCUT2D eigenvalue weighted by atomic mass is 10.1. The van der Waals surface area contributed by atoms with Crippen molar-refractivity contribution in [3.8, 4) is 0 Å². The Morgan fingerprint density at radius 3 is 2.19 bits per heavy atom. The minimum atomic E-state index is 0.319. The molecule has 1 atom stereocenters. The van der Waals surface area contributed by atoms with Gasteiger partial charge in [-0.05, 0) is 34.9 Å². The van der Waals surface area contributed by atoms with Crippen LogP contribution in [0.1, 0.15) is 45.0 Å². The molecule has 1 N–H and O–H groups in total. The number of hydrogen-bond donors (Lipinski definition) is 1. The molecule has 0 aromatic carbocycles. The van der Waals surface area contributed by atoms with E-state index in [9.17, 15) is 0 Å². The Morgan fingerprint density at radius 1 is 1.14 bits per heavy atom. The lowest BCUT2D eigenvalue weighted by Crippen LogP contribution is -2.41. The number of anilines is 2. The Bertz CT molecular complexity index is 456. The lowest BCUT2D eigenvalue weighted by molar-refractivity contribution is 0.372. The summed E-state index contributed by atoms with van der Waals surface area (Å²) in [4.78, 5) is 14.0. The fourth-order valence-corrected chi connectivity index (χ4v) is 2.60. The highest BCUT2D eigenvalue weighted by Gasteiger charge is 2.20. The van der Waals surface area contributed by atoms with E-state index in [-0.39, 0.29) is 0 Å². The van der Waals surface area contributed by atoms with Crippen molar-refractivity contribution in [2.75, 3.05) is 44.4 Å². The van der Waals surface area contributed by atoms with Crippen molar-refractivity contribution in [3.63, 3.8) is 0 Å². The van der Waals surface area contributed by atoms with E-state index in [4.69, 9.17) is 4.98 Å². The quantitative estimate of drug-likeness (QED) is 0.837. The number of nitrogens with zero attached hydrogens (tertiary/aromatic N) is 4. The molecular weight excluding hydrogens is 262 g/mol. The Kier molecular flexibility index (Phi) is 6.40. The van der Waals surface area contributed by atoms with Crippen LogP contribution in [0.4, 0.5) is 11.6 Å². The predicted molar refractivity (Wildman–Crippen MR) is 91.4 cm³/mol. The number of hydrogen-bond acceptors (Lipinski definition) is 5. The van der Waals surface area contributed by atoms with Gasteiger partial charge in [-0.3, -0.25) is 0 Å². The third kappa shape index (κ3) is 4.30. The van der Waals surface area contributed by atoms with Crippen LogP contribution < -0.4 is 10.2 Å². The van der Waals surface area contributed by atoms with Gasteiger partial charge in [0.1, 0.15) is 17.5 Å². The van der Waals surface area contributed by atoms with Crippen LogP contribution in [0.3, 0.4) is 0 Å². The maximum atomic E-state index is 4.84. The van der Waals surface area contributed by atoms with Gasteiger partial charge in [-0.1, -0.05) is 13.8 Å². The molecule has 1 unspecified atom stereocenters. The minimum absolute atomic E-state index is 0.319.